The molecule has 1 amide bonds. The average molecular weight is 441 g/mol. The summed E-state index contributed by atoms with van der Waals surface area (Å²) in [5.74, 6) is -0.225. The smallest absolute Gasteiger partial charge is 0.407 e. The van der Waals surface area contributed by atoms with Crippen LogP contribution in [0.25, 0.3) is 0 Å². The molecule has 3 aliphatic rings. The van der Waals surface area contributed by atoms with Crippen molar-refractivity contribution in [2.75, 3.05) is 26.0 Å². The van der Waals surface area contributed by atoms with Crippen LogP contribution in [0.4, 0.5) is 9.18 Å². The number of sulfone groups is 1. The highest BCUT2D eigenvalue weighted by atomic mass is 32.2. The van der Waals surface area contributed by atoms with Crippen LogP contribution < -0.4 is 4.74 Å². The van der Waals surface area contributed by atoms with E-state index in [2.05, 4.69) is 4.90 Å². The Balaban J connectivity index is 1.26. The monoisotopic (exact) mass is 440 g/mol. The van der Waals surface area contributed by atoms with E-state index < -0.39 is 21.7 Å². The Morgan fingerprint density at radius 2 is 1.70 bits per heavy atom. The first-order valence-electron chi connectivity index (χ1n) is 10.6. The van der Waals surface area contributed by atoms with Crippen molar-refractivity contribution in [1.29, 1.82) is 0 Å². The van der Waals surface area contributed by atoms with E-state index in [9.17, 15) is 22.7 Å². The summed E-state index contributed by atoms with van der Waals surface area (Å²) < 4.78 is 42.8. The molecule has 0 spiro atoms. The first-order valence-corrected chi connectivity index (χ1v) is 12.5. The van der Waals surface area contributed by atoms with E-state index in [4.69, 9.17) is 4.74 Å². The van der Waals surface area contributed by atoms with Crippen molar-refractivity contribution in [1.82, 2.24) is 9.80 Å². The van der Waals surface area contributed by atoms with Crippen LogP contribution in [0, 0.1) is 11.7 Å². The number of halogens is 1. The average Bonchev–Trinajstić information content (AvgIpc) is 2.97. The maximum atomic E-state index is 14.2. The summed E-state index contributed by atoms with van der Waals surface area (Å²) in [6.45, 7) is 2.07. The van der Waals surface area contributed by atoms with Crippen LogP contribution >= 0.6 is 0 Å². The van der Waals surface area contributed by atoms with Gasteiger partial charge in [0.1, 0.15) is 0 Å². The maximum absolute atomic E-state index is 14.2. The lowest BCUT2D eigenvalue weighted by molar-refractivity contribution is 0.0261. The maximum Gasteiger partial charge on any atom is 0.407 e. The highest BCUT2D eigenvalue weighted by Gasteiger charge is 2.44. The molecule has 2 atom stereocenters. The highest BCUT2D eigenvalue weighted by molar-refractivity contribution is 7.90. The molecule has 1 aromatic carbocycles. The number of nitrogens with zero attached hydrogens (tertiary/aromatic N) is 2. The van der Waals surface area contributed by atoms with Crippen LogP contribution in [-0.2, 0) is 9.84 Å². The quantitative estimate of drug-likeness (QED) is 0.758. The lowest BCUT2D eigenvalue weighted by Crippen LogP contribution is -2.58. The van der Waals surface area contributed by atoms with Crippen LogP contribution in [0.5, 0.6) is 5.75 Å². The summed E-state index contributed by atoms with van der Waals surface area (Å²) in [5, 5.41) is 9.41. The number of rotatable bonds is 5. The van der Waals surface area contributed by atoms with Crippen molar-refractivity contribution in [3.8, 4) is 5.75 Å². The van der Waals surface area contributed by atoms with Gasteiger partial charge in [0, 0.05) is 37.5 Å². The first kappa shape index (κ1) is 21.4. The van der Waals surface area contributed by atoms with Crippen molar-refractivity contribution in [2.24, 2.45) is 5.92 Å². The minimum absolute atomic E-state index is 0.0511. The Kier molecular flexibility index (Phi) is 5.94. The van der Waals surface area contributed by atoms with Gasteiger partial charge in [-0.05, 0) is 62.6 Å². The largest absolute Gasteiger partial charge is 0.490 e. The lowest BCUT2D eigenvalue weighted by Gasteiger charge is -2.45. The molecule has 1 N–H and O–H groups in total. The number of carboxylic acid groups (broad SMARTS) is 1. The minimum Gasteiger partial charge on any atom is -0.490 e. The normalized spacial score (nSPS) is 29.7. The van der Waals surface area contributed by atoms with Gasteiger partial charge in [0.05, 0.1) is 11.5 Å². The molecule has 9 heteroatoms. The molecule has 2 bridgehead atoms. The number of benzene rings is 1. The molecular formula is C21H29FN2O5S. The van der Waals surface area contributed by atoms with E-state index in [1.165, 1.54) is 12.1 Å². The lowest BCUT2D eigenvalue weighted by atomic mass is 9.85. The molecule has 1 saturated carbocycles. The molecule has 1 aliphatic carbocycles. The van der Waals surface area contributed by atoms with Crippen molar-refractivity contribution in [3.63, 3.8) is 0 Å². The SMILES string of the molecule is CS(=O)(=O)c1ccc(OCC2CCC(N3CC4CCC(C3)N4C(=O)O)CC2)c(F)c1. The fraction of sp³-hybridized carbons (Fsp3) is 0.667. The molecule has 2 heterocycles. The second-order valence-electron chi connectivity index (χ2n) is 8.88. The third-order valence-corrected chi connectivity index (χ3v) is 7.98. The molecule has 2 saturated heterocycles. The van der Waals surface area contributed by atoms with E-state index >= 15 is 0 Å². The van der Waals surface area contributed by atoms with Gasteiger partial charge in [-0.2, -0.15) is 0 Å². The number of fused-ring (bicyclic) bond motifs is 2. The second kappa shape index (κ2) is 8.34. The molecule has 4 rings (SSSR count). The molecule has 7 nitrogen and oxygen atoms in total. The second-order valence-corrected chi connectivity index (χ2v) is 10.9. The van der Waals surface area contributed by atoms with Crippen molar-refractivity contribution >= 4 is 15.9 Å². The predicted octanol–water partition coefficient (Wildman–Crippen LogP) is 2.99. The van der Waals surface area contributed by atoms with E-state index in [-0.39, 0.29) is 22.7 Å². The van der Waals surface area contributed by atoms with E-state index in [1.807, 2.05) is 0 Å². The Morgan fingerprint density at radius 1 is 1.10 bits per heavy atom. The Bertz CT molecular complexity index is 887. The van der Waals surface area contributed by atoms with Crippen molar-refractivity contribution in [2.45, 2.75) is 61.5 Å². The molecular weight excluding hydrogens is 411 g/mol. The molecule has 3 fully saturated rings. The van der Waals surface area contributed by atoms with Gasteiger partial charge in [0.25, 0.3) is 0 Å². The molecule has 2 unspecified atom stereocenters. The van der Waals surface area contributed by atoms with Crippen molar-refractivity contribution < 1.29 is 27.4 Å². The topological polar surface area (TPSA) is 87.2 Å². The summed E-state index contributed by atoms with van der Waals surface area (Å²) in [6.07, 6.45) is 6.23. The van der Waals surface area contributed by atoms with Gasteiger partial charge in [-0.3, -0.25) is 9.80 Å². The summed E-state index contributed by atoms with van der Waals surface area (Å²) in [4.78, 5) is 15.5. The number of carbonyl (C=O) groups is 1. The van der Waals surface area contributed by atoms with Gasteiger partial charge in [0.15, 0.2) is 21.4 Å². The van der Waals surface area contributed by atoms with Crippen LogP contribution in [0.15, 0.2) is 23.1 Å². The third-order valence-electron chi connectivity index (χ3n) is 6.87. The molecule has 0 aromatic heterocycles. The standard InChI is InChI=1S/C21H29FN2O5S/c1-30(27,28)18-8-9-20(19(22)10-18)29-13-14-2-4-15(5-3-14)23-11-16-6-7-17(12-23)24(16)21(25)26/h8-10,14-17H,2-7,11-13H2,1H3,(H,25,26). The molecule has 1 aromatic rings. The van der Waals surface area contributed by atoms with E-state index in [0.717, 1.165) is 63.9 Å². The van der Waals surface area contributed by atoms with Gasteiger partial charge in [-0.25, -0.2) is 17.6 Å². The van der Waals surface area contributed by atoms with Gasteiger partial charge in [0.2, 0.25) is 0 Å². The van der Waals surface area contributed by atoms with Gasteiger partial charge >= 0.3 is 6.09 Å². The third kappa shape index (κ3) is 4.42. The van der Waals surface area contributed by atoms with E-state index in [1.54, 1.807) is 4.90 Å². The van der Waals surface area contributed by atoms with Crippen LogP contribution in [0.2, 0.25) is 0 Å². The number of likely N-dealkylation sites (tertiary alicyclic amines) is 1. The van der Waals surface area contributed by atoms with Crippen LogP contribution in [0.1, 0.15) is 38.5 Å². The summed E-state index contributed by atoms with van der Waals surface area (Å²) in [7, 11) is -3.44. The van der Waals surface area contributed by atoms with Gasteiger partial charge in [-0.15, -0.1) is 0 Å². The fourth-order valence-electron chi connectivity index (χ4n) is 5.26. The minimum atomic E-state index is -3.44. The number of piperazine rings is 1. The summed E-state index contributed by atoms with van der Waals surface area (Å²) >= 11 is 0. The molecule has 2 aliphatic heterocycles. The predicted molar refractivity (Wildman–Crippen MR) is 109 cm³/mol. The Morgan fingerprint density at radius 3 is 2.23 bits per heavy atom. The summed E-state index contributed by atoms with van der Waals surface area (Å²) in [5.41, 5.74) is 0. The fourth-order valence-corrected chi connectivity index (χ4v) is 5.89. The number of hydrogen-bond acceptors (Lipinski definition) is 5. The van der Waals surface area contributed by atoms with Crippen molar-refractivity contribution in [3.05, 3.63) is 24.0 Å². The summed E-state index contributed by atoms with van der Waals surface area (Å²) in [6, 6.07) is 4.49. The zero-order valence-electron chi connectivity index (χ0n) is 17.2. The molecule has 30 heavy (non-hydrogen) atoms. The van der Waals surface area contributed by atoms with Crippen LogP contribution in [0.3, 0.4) is 0 Å². The van der Waals surface area contributed by atoms with E-state index in [0.29, 0.717) is 18.6 Å². The first-order chi connectivity index (χ1) is 14.2. The van der Waals surface area contributed by atoms with Gasteiger partial charge in [-0.1, -0.05) is 0 Å². The van der Waals surface area contributed by atoms with Gasteiger partial charge < -0.3 is 9.84 Å². The number of hydrogen-bond donors (Lipinski definition) is 1. The highest BCUT2D eigenvalue weighted by Crippen LogP contribution is 2.35. The molecule has 0 radical (unpaired) electrons. The molecule has 166 valence electrons. The zero-order chi connectivity index (χ0) is 21.5. The number of ether oxygens (including phenoxy) is 1. The van der Waals surface area contributed by atoms with Crippen LogP contribution in [-0.4, -0.2) is 73.5 Å². The Hall–Kier alpha value is -1.87. The Labute approximate surface area is 176 Å². The zero-order valence-corrected chi connectivity index (χ0v) is 18.0. The number of amides is 1.